The predicted molar refractivity (Wildman–Crippen MR) is 80.1 cm³/mol. The molecule has 0 unspecified atom stereocenters. The number of nitrogens with zero attached hydrogens (tertiary/aromatic N) is 1. The van der Waals surface area contributed by atoms with E-state index in [-0.39, 0.29) is 11.8 Å². The molecule has 0 bridgehead atoms. The average Bonchev–Trinajstić information content (AvgIpc) is 2.40. The van der Waals surface area contributed by atoms with E-state index >= 15 is 0 Å². The summed E-state index contributed by atoms with van der Waals surface area (Å²) in [6.45, 7) is 3.95. The molecule has 1 atom stereocenters. The summed E-state index contributed by atoms with van der Waals surface area (Å²) in [7, 11) is 1.73. The van der Waals surface area contributed by atoms with Crippen LogP contribution >= 0.6 is 0 Å². The van der Waals surface area contributed by atoms with E-state index in [1.54, 1.807) is 11.9 Å². The monoisotopic (exact) mass is 277 g/mol. The molecule has 0 aliphatic heterocycles. The first-order valence-corrected chi connectivity index (χ1v) is 6.81. The molecule has 0 radical (unpaired) electrons. The molecular weight excluding hydrogens is 254 g/mol. The standard InChI is InChI=1S/C15H23N3O2/c1-4-7-13(16)15(20)17-14-9-6-5-8-12(14)10-18(3)11(2)19/h5-6,8-9,13H,4,7,10,16H2,1-3H3,(H,17,20)/t13-/m0/s1. The van der Waals surface area contributed by atoms with Crippen LogP contribution in [0.1, 0.15) is 32.3 Å². The van der Waals surface area contributed by atoms with E-state index in [4.69, 9.17) is 5.73 Å². The fourth-order valence-corrected chi connectivity index (χ4v) is 1.81. The number of hydrogen-bond acceptors (Lipinski definition) is 3. The Morgan fingerprint density at radius 2 is 2.00 bits per heavy atom. The summed E-state index contributed by atoms with van der Waals surface area (Å²) in [6.07, 6.45) is 1.52. The first-order valence-electron chi connectivity index (χ1n) is 6.81. The van der Waals surface area contributed by atoms with E-state index in [0.29, 0.717) is 18.7 Å². The summed E-state index contributed by atoms with van der Waals surface area (Å²) in [5, 5.41) is 2.84. The molecule has 1 rings (SSSR count). The first kappa shape index (κ1) is 16.2. The first-order chi connectivity index (χ1) is 9.45. The SMILES string of the molecule is CCC[C@H](N)C(=O)Nc1ccccc1CN(C)C(C)=O. The Morgan fingerprint density at radius 1 is 1.35 bits per heavy atom. The van der Waals surface area contributed by atoms with Crippen LogP contribution in [0.15, 0.2) is 24.3 Å². The van der Waals surface area contributed by atoms with Crippen LogP contribution in [0.5, 0.6) is 0 Å². The normalized spacial score (nSPS) is 11.8. The molecule has 1 aromatic carbocycles. The van der Waals surface area contributed by atoms with Gasteiger partial charge in [0.05, 0.1) is 6.04 Å². The molecule has 5 nitrogen and oxygen atoms in total. The smallest absolute Gasteiger partial charge is 0.241 e. The number of carbonyl (C=O) groups excluding carboxylic acids is 2. The van der Waals surface area contributed by atoms with E-state index in [9.17, 15) is 9.59 Å². The van der Waals surface area contributed by atoms with Crippen molar-refractivity contribution in [1.82, 2.24) is 4.90 Å². The van der Waals surface area contributed by atoms with Crippen molar-refractivity contribution < 1.29 is 9.59 Å². The van der Waals surface area contributed by atoms with Crippen molar-refractivity contribution in [3.63, 3.8) is 0 Å². The van der Waals surface area contributed by atoms with E-state index in [0.717, 1.165) is 12.0 Å². The largest absolute Gasteiger partial charge is 0.342 e. The molecule has 0 heterocycles. The topological polar surface area (TPSA) is 75.4 Å². The molecule has 0 aliphatic rings. The Kier molecular flexibility index (Phi) is 6.18. The maximum atomic E-state index is 12.0. The van der Waals surface area contributed by atoms with Crippen molar-refractivity contribution in [3.8, 4) is 0 Å². The summed E-state index contributed by atoms with van der Waals surface area (Å²) in [6, 6.07) is 6.93. The number of nitrogens with one attached hydrogen (secondary N) is 1. The van der Waals surface area contributed by atoms with E-state index in [1.165, 1.54) is 6.92 Å². The predicted octanol–water partition coefficient (Wildman–Crippen LogP) is 1.73. The number of anilines is 1. The van der Waals surface area contributed by atoms with Crippen LogP contribution in [0.2, 0.25) is 0 Å². The number of para-hydroxylation sites is 1. The zero-order valence-electron chi connectivity index (χ0n) is 12.3. The third-order valence-corrected chi connectivity index (χ3v) is 3.16. The molecule has 0 saturated carbocycles. The molecular formula is C15H23N3O2. The van der Waals surface area contributed by atoms with Crippen molar-refractivity contribution in [2.24, 2.45) is 5.73 Å². The second-order valence-electron chi connectivity index (χ2n) is 4.92. The van der Waals surface area contributed by atoms with Crippen molar-refractivity contribution in [3.05, 3.63) is 29.8 Å². The van der Waals surface area contributed by atoms with Gasteiger partial charge in [-0.15, -0.1) is 0 Å². The Hall–Kier alpha value is -1.88. The van der Waals surface area contributed by atoms with Crippen LogP contribution in [-0.2, 0) is 16.1 Å². The van der Waals surface area contributed by atoms with Crippen molar-refractivity contribution in [2.45, 2.75) is 39.3 Å². The molecule has 0 spiro atoms. The quantitative estimate of drug-likeness (QED) is 0.831. The third kappa shape index (κ3) is 4.66. The summed E-state index contributed by atoms with van der Waals surface area (Å²) < 4.78 is 0. The van der Waals surface area contributed by atoms with Crippen LogP contribution in [-0.4, -0.2) is 29.8 Å². The van der Waals surface area contributed by atoms with Gasteiger partial charge in [0.15, 0.2) is 0 Å². The van der Waals surface area contributed by atoms with E-state index in [2.05, 4.69) is 5.32 Å². The van der Waals surface area contributed by atoms with Crippen LogP contribution in [0.25, 0.3) is 0 Å². The third-order valence-electron chi connectivity index (χ3n) is 3.16. The van der Waals surface area contributed by atoms with Gasteiger partial charge >= 0.3 is 0 Å². The van der Waals surface area contributed by atoms with Gasteiger partial charge in [0.1, 0.15) is 0 Å². The van der Waals surface area contributed by atoms with E-state index in [1.807, 2.05) is 31.2 Å². The van der Waals surface area contributed by atoms with Crippen LogP contribution in [0.4, 0.5) is 5.69 Å². The highest BCUT2D eigenvalue weighted by atomic mass is 16.2. The Bertz CT molecular complexity index is 474. The zero-order valence-corrected chi connectivity index (χ0v) is 12.3. The maximum Gasteiger partial charge on any atom is 0.241 e. The van der Waals surface area contributed by atoms with E-state index < -0.39 is 6.04 Å². The number of benzene rings is 1. The van der Waals surface area contributed by atoms with Crippen molar-refractivity contribution in [1.29, 1.82) is 0 Å². The molecule has 1 aromatic rings. The van der Waals surface area contributed by atoms with Gasteiger partial charge in [-0.3, -0.25) is 9.59 Å². The lowest BCUT2D eigenvalue weighted by molar-refractivity contribution is -0.128. The fraction of sp³-hybridized carbons (Fsp3) is 0.467. The average molecular weight is 277 g/mol. The van der Waals surface area contributed by atoms with Crippen molar-refractivity contribution in [2.75, 3.05) is 12.4 Å². The van der Waals surface area contributed by atoms with Gasteiger partial charge in [-0.25, -0.2) is 0 Å². The number of amides is 2. The van der Waals surface area contributed by atoms with Crippen LogP contribution in [0, 0.1) is 0 Å². The number of rotatable bonds is 6. The van der Waals surface area contributed by atoms with Gasteiger partial charge < -0.3 is 16.0 Å². The highest BCUT2D eigenvalue weighted by molar-refractivity contribution is 5.95. The molecule has 0 fully saturated rings. The minimum absolute atomic E-state index is 0.0196. The van der Waals surface area contributed by atoms with Crippen molar-refractivity contribution >= 4 is 17.5 Å². The minimum Gasteiger partial charge on any atom is -0.342 e. The van der Waals surface area contributed by atoms with Gasteiger partial charge in [-0.1, -0.05) is 31.5 Å². The Labute approximate surface area is 120 Å². The molecule has 3 N–H and O–H groups in total. The molecule has 0 aromatic heterocycles. The van der Waals surface area contributed by atoms with Gasteiger partial charge in [0.25, 0.3) is 0 Å². The second-order valence-corrected chi connectivity index (χ2v) is 4.92. The van der Waals surface area contributed by atoms with Gasteiger partial charge in [0, 0.05) is 26.2 Å². The second kappa shape index (κ2) is 7.65. The molecule has 20 heavy (non-hydrogen) atoms. The zero-order chi connectivity index (χ0) is 15.1. The molecule has 110 valence electrons. The Balaban J connectivity index is 2.80. The lowest BCUT2D eigenvalue weighted by atomic mass is 10.1. The van der Waals surface area contributed by atoms with Gasteiger partial charge in [0.2, 0.25) is 11.8 Å². The maximum absolute atomic E-state index is 12.0. The number of carbonyl (C=O) groups is 2. The van der Waals surface area contributed by atoms with Gasteiger partial charge in [-0.05, 0) is 18.1 Å². The van der Waals surface area contributed by atoms with Crippen LogP contribution < -0.4 is 11.1 Å². The number of nitrogens with two attached hydrogens (primary N) is 1. The molecule has 0 aliphatic carbocycles. The molecule has 5 heteroatoms. The minimum atomic E-state index is -0.501. The lowest BCUT2D eigenvalue weighted by Crippen LogP contribution is -2.35. The summed E-state index contributed by atoms with van der Waals surface area (Å²) in [5.41, 5.74) is 7.40. The Morgan fingerprint density at radius 3 is 2.60 bits per heavy atom. The van der Waals surface area contributed by atoms with Crippen LogP contribution in [0.3, 0.4) is 0 Å². The fourth-order valence-electron chi connectivity index (χ4n) is 1.81. The lowest BCUT2D eigenvalue weighted by Gasteiger charge is -2.19. The highest BCUT2D eigenvalue weighted by Crippen LogP contribution is 2.17. The van der Waals surface area contributed by atoms with Gasteiger partial charge in [-0.2, -0.15) is 0 Å². The highest BCUT2D eigenvalue weighted by Gasteiger charge is 2.14. The summed E-state index contributed by atoms with van der Waals surface area (Å²) in [4.78, 5) is 24.8. The summed E-state index contributed by atoms with van der Waals surface area (Å²) in [5.74, 6) is -0.210. The molecule has 0 saturated heterocycles. The molecule has 2 amide bonds. The number of hydrogen-bond donors (Lipinski definition) is 2. The summed E-state index contributed by atoms with van der Waals surface area (Å²) >= 11 is 0.